The number of nitrogens with zero attached hydrogens (tertiary/aromatic N) is 2. The Morgan fingerprint density at radius 3 is 2.62 bits per heavy atom. The second-order valence-corrected chi connectivity index (χ2v) is 4.76. The van der Waals surface area contributed by atoms with Gasteiger partial charge in [-0.1, -0.05) is 6.92 Å². The van der Waals surface area contributed by atoms with E-state index in [1.165, 1.54) is 13.0 Å². The second kappa shape index (κ2) is 4.72. The molecule has 2 fully saturated rings. The molecule has 4 heteroatoms. The molecule has 0 N–H and O–H groups in total. The molecule has 1 unspecified atom stereocenters. The number of carbonyl (C=O) groups is 1. The third-order valence-electron chi connectivity index (χ3n) is 4.01. The fourth-order valence-corrected chi connectivity index (χ4v) is 2.89. The van der Waals surface area contributed by atoms with Crippen LogP contribution in [0.1, 0.15) is 26.7 Å². The van der Waals surface area contributed by atoms with E-state index in [1.54, 1.807) is 0 Å². The maximum absolute atomic E-state index is 11.8. The van der Waals surface area contributed by atoms with Gasteiger partial charge in [0.05, 0.1) is 0 Å². The van der Waals surface area contributed by atoms with Crippen LogP contribution in [-0.2, 0) is 9.53 Å². The molecule has 2 aliphatic rings. The summed E-state index contributed by atoms with van der Waals surface area (Å²) in [6, 6.07) is 0. The first kappa shape index (κ1) is 11.9. The molecule has 0 aromatic heterocycles. The highest BCUT2D eigenvalue weighted by Gasteiger charge is 2.49. The first-order chi connectivity index (χ1) is 7.72. The lowest BCUT2D eigenvalue weighted by Gasteiger charge is -2.50. The van der Waals surface area contributed by atoms with E-state index in [4.69, 9.17) is 4.74 Å². The van der Waals surface area contributed by atoms with Crippen LogP contribution in [-0.4, -0.2) is 60.6 Å². The largest absolute Gasteiger partial charge is 0.372 e. The van der Waals surface area contributed by atoms with Crippen molar-refractivity contribution in [1.29, 1.82) is 0 Å². The lowest BCUT2D eigenvalue weighted by molar-refractivity contribution is -0.136. The van der Waals surface area contributed by atoms with E-state index in [0.717, 1.165) is 26.1 Å². The summed E-state index contributed by atoms with van der Waals surface area (Å²) < 4.78 is 5.18. The number of carbonyl (C=O) groups excluding carboxylic acids is 1. The molecule has 0 aromatic carbocycles. The van der Waals surface area contributed by atoms with E-state index in [1.807, 2.05) is 11.8 Å². The Bertz CT molecular complexity index is 268. The Hall–Kier alpha value is -0.610. The van der Waals surface area contributed by atoms with Crippen LogP contribution in [0.25, 0.3) is 0 Å². The third-order valence-corrected chi connectivity index (χ3v) is 4.01. The second-order valence-electron chi connectivity index (χ2n) is 4.76. The highest BCUT2D eigenvalue weighted by molar-refractivity contribution is 5.78. The normalized spacial score (nSPS) is 29.8. The monoisotopic (exact) mass is 226 g/mol. The molecule has 2 saturated heterocycles. The Balaban J connectivity index is 1.85. The molecule has 16 heavy (non-hydrogen) atoms. The summed E-state index contributed by atoms with van der Waals surface area (Å²) in [6.45, 7) is 9.10. The smallest absolute Gasteiger partial charge is 0.248 e. The lowest BCUT2D eigenvalue weighted by Crippen LogP contribution is -2.61. The van der Waals surface area contributed by atoms with Gasteiger partial charge in [0.25, 0.3) is 0 Å². The SMILES string of the molecule is CCOCC(=O)N1CCC2(CCN2CC)C1. The van der Waals surface area contributed by atoms with E-state index in [-0.39, 0.29) is 12.5 Å². The zero-order valence-corrected chi connectivity index (χ0v) is 10.4. The van der Waals surface area contributed by atoms with E-state index in [2.05, 4.69) is 11.8 Å². The molecule has 2 rings (SSSR count). The highest BCUT2D eigenvalue weighted by atomic mass is 16.5. The zero-order valence-electron chi connectivity index (χ0n) is 10.4. The predicted molar refractivity (Wildman–Crippen MR) is 62.3 cm³/mol. The van der Waals surface area contributed by atoms with Crippen LogP contribution < -0.4 is 0 Å². The number of amides is 1. The number of rotatable bonds is 4. The van der Waals surface area contributed by atoms with Crippen molar-refractivity contribution in [3.05, 3.63) is 0 Å². The van der Waals surface area contributed by atoms with Crippen LogP contribution >= 0.6 is 0 Å². The Kier molecular flexibility index (Phi) is 3.50. The molecule has 0 bridgehead atoms. The molecule has 4 nitrogen and oxygen atoms in total. The minimum absolute atomic E-state index is 0.154. The van der Waals surface area contributed by atoms with Crippen LogP contribution in [0.15, 0.2) is 0 Å². The number of hydrogen-bond donors (Lipinski definition) is 0. The molecule has 0 saturated carbocycles. The summed E-state index contributed by atoms with van der Waals surface area (Å²) in [5.41, 5.74) is 0.316. The maximum atomic E-state index is 11.8. The molecule has 1 spiro atoms. The first-order valence-electron chi connectivity index (χ1n) is 6.32. The molecular weight excluding hydrogens is 204 g/mol. The van der Waals surface area contributed by atoms with Crippen molar-refractivity contribution >= 4 is 5.91 Å². The predicted octanol–water partition coefficient (Wildman–Crippen LogP) is 0.720. The number of ether oxygens (including phenoxy) is 1. The van der Waals surface area contributed by atoms with Crippen molar-refractivity contribution in [2.45, 2.75) is 32.2 Å². The van der Waals surface area contributed by atoms with Gasteiger partial charge in [-0.25, -0.2) is 0 Å². The van der Waals surface area contributed by atoms with Gasteiger partial charge in [0, 0.05) is 31.8 Å². The maximum Gasteiger partial charge on any atom is 0.248 e. The molecule has 2 aliphatic heterocycles. The Labute approximate surface area is 97.5 Å². The van der Waals surface area contributed by atoms with E-state index >= 15 is 0 Å². The van der Waals surface area contributed by atoms with Crippen LogP contribution in [0.4, 0.5) is 0 Å². The Morgan fingerprint density at radius 2 is 2.06 bits per heavy atom. The van der Waals surface area contributed by atoms with Gasteiger partial charge < -0.3 is 9.64 Å². The van der Waals surface area contributed by atoms with Crippen molar-refractivity contribution < 1.29 is 9.53 Å². The average molecular weight is 226 g/mol. The van der Waals surface area contributed by atoms with E-state index in [9.17, 15) is 4.79 Å². The first-order valence-corrected chi connectivity index (χ1v) is 6.32. The summed E-state index contributed by atoms with van der Waals surface area (Å²) in [7, 11) is 0. The standard InChI is InChI=1S/C12H22N2O2/c1-3-14-8-6-12(14)5-7-13(10-12)11(15)9-16-4-2/h3-10H2,1-2H3. The van der Waals surface area contributed by atoms with Crippen LogP contribution in [0.2, 0.25) is 0 Å². The molecular formula is C12H22N2O2. The fraction of sp³-hybridized carbons (Fsp3) is 0.917. The van der Waals surface area contributed by atoms with Gasteiger partial charge in [0.1, 0.15) is 6.61 Å². The lowest BCUT2D eigenvalue weighted by atomic mass is 9.84. The quantitative estimate of drug-likeness (QED) is 0.708. The Morgan fingerprint density at radius 1 is 1.31 bits per heavy atom. The van der Waals surface area contributed by atoms with Gasteiger partial charge in [0.2, 0.25) is 5.91 Å². The minimum Gasteiger partial charge on any atom is -0.372 e. The average Bonchev–Trinajstić information content (AvgIpc) is 2.72. The molecule has 92 valence electrons. The molecule has 0 aromatic rings. The summed E-state index contributed by atoms with van der Waals surface area (Å²) in [5.74, 6) is 0.154. The minimum atomic E-state index is 0.154. The highest BCUT2D eigenvalue weighted by Crippen LogP contribution is 2.38. The zero-order chi connectivity index (χ0) is 11.6. The van der Waals surface area contributed by atoms with Crippen molar-refractivity contribution in [3.63, 3.8) is 0 Å². The fourth-order valence-electron chi connectivity index (χ4n) is 2.89. The molecule has 1 atom stereocenters. The summed E-state index contributed by atoms with van der Waals surface area (Å²) in [5, 5.41) is 0. The summed E-state index contributed by atoms with van der Waals surface area (Å²) in [6.07, 6.45) is 2.39. The van der Waals surface area contributed by atoms with Crippen molar-refractivity contribution in [3.8, 4) is 0 Å². The number of likely N-dealkylation sites (N-methyl/N-ethyl adjacent to an activating group) is 1. The van der Waals surface area contributed by atoms with E-state index < -0.39 is 0 Å². The van der Waals surface area contributed by atoms with Gasteiger partial charge in [0.15, 0.2) is 0 Å². The van der Waals surface area contributed by atoms with Gasteiger partial charge in [-0.15, -0.1) is 0 Å². The van der Waals surface area contributed by atoms with Gasteiger partial charge >= 0.3 is 0 Å². The van der Waals surface area contributed by atoms with Crippen molar-refractivity contribution in [2.75, 3.05) is 39.4 Å². The summed E-state index contributed by atoms with van der Waals surface area (Å²) in [4.78, 5) is 16.3. The van der Waals surface area contributed by atoms with Gasteiger partial charge in [-0.05, 0) is 26.3 Å². The van der Waals surface area contributed by atoms with Crippen LogP contribution in [0.3, 0.4) is 0 Å². The number of hydrogen-bond acceptors (Lipinski definition) is 3. The van der Waals surface area contributed by atoms with Crippen LogP contribution in [0.5, 0.6) is 0 Å². The van der Waals surface area contributed by atoms with Crippen LogP contribution in [0, 0.1) is 0 Å². The number of likely N-dealkylation sites (tertiary alicyclic amines) is 2. The van der Waals surface area contributed by atoms with Crippen molar-refractivity contribution in [2.24, 2.45) is 0 Å². The van der Waals surface area contributed by atoms with Crippen molar-refractivity contribution in [1.82, 2.24) is 9.80 Å². The summed E-state index contributed by atoms with van der Waals surface area (Å²) >= 11 is 0. The molecule has 2 heterocycles. The molecule has 0 radical (unpaired) electrons. The molecule has 1 amide bonds. The van der Waals surface area contributed by atoms with E-state index in [0.29, 0.717) is 12.1 Å². The third kappa shape index (κ3) is 1.96. The van der Waals surface area contributed by atoms with Gasteiger partial charge in [-0.3, -0.25) is 9.69 Å². The molecule has 0 aliphatic carbocycles. The topological polar surface area (TPSA) is 32.8 Å². The van der Waals surface area contributed by atoms with Gasteiger partial charge in [-0.2, -0.15) is 0 Å².